The van der Waals surface area contributed by atoms with Gasteiger partial charge in [-0.1, -0.05) is 0 Å². The number of hydrazine groups is 1. The van der Waals surface area contributed by atoms with Crippen LogP contribution < -0.4 is 15.2 Å². The first-order valence-electron chi connectivity index (χ1n) is 5.51. The van der Waals surface area contributed by atoms with Crippen LogP contribution in [0.2, 0.25) is 0 Å². The van der Waals surface area contributed by atoms with E-state index in [9.17, 15) is 0 Å². The van der Waals surface area contributed by atoms with Crippen molar-refractivity contribution in [2.75, 3.05) is 18.7 Å². The summed E-state index contributed by atoms with van der Waals surface area (Å²) >= 11 is 0. The van der Waals surface area contributed by atoms with E-state index in [1.807, 2.05) is 30.3 Å². The fourth-order valence-electron chi connectivity index (χ4n) is 2.05. The minimum absolute atomic E-state index is 0.825. The lowest BCUT2D eigenvalue weighted by Crippen LogP contribution is -2.29. The largest absolute Gasteiger partial charge is 0.494 e. The molecule has 1 aliphatic heterocycles. The third kappa shape index (κ3) is 1.60. The fourth-order valence-corrected chi connectivity index (χ4v) is 2.05. The van der Waals surface area contributed by atoms with Crippen LogP contribution in [0.3, 0.4) is 0 Å². The van der Waals surface area contributed by atoms with Gasteiger partial charge in [0, 0.05) is 12.3 Å². The Morgan fingerprint density at radius 1 is 1.41 bits per heavy atom. The van der Waals surface area contributed by atoms with Gasteiger partial charge in [0.05, 0.1) is 24.7 Å². The van der Waals surface area contributed by atoms with Gasteiger partial charge in [-0.15, -0.1) is 0 Å². The molecule has 2 heterocycles. The van der Waals surface area contributed by atoms with Crippen LogP contribution in [0.25, 0.3) is 11.0 Å². The molecule has 3 rings (SSSR count). The molecule has 17 heavy (non-hydrogen) atoms. The van der Waals surface area contributed by atoms with Crippen molar-refractivity contribution in [3.8, 4) is 5.75 Å². The normalized spacial score (nSPS) is 14.4. The molecule has 0 bridgehead atoms. The van der Waals surface area contributed by atoms with E-state index in [2.05, 4.69) is 21.5 Å². The molecule has 1 aromatic carbocycles. The Morgan fingerprint density at radius 2 is 2.29 bits per heavy atom. The highest BCUT2D eigenvalue weighted by atomic mass is 16.5. The van der Waals surface area contributed by atoms with E-state index in [0.717, 1.165) is 34.8 Å². The van der Waals surface area contributed by atoms with Crippen molar-refractivity contribution in [2.24, 2.45) is 0 Å². The number of benzene rings is 1. The maximum Gasteiger partial charge on any atom is 0.146 e. The van der Waals surface area contributed by atoms with Crippen molar-refractivity contribution in [3.63, 3.8) is 0 Å². The van der Waals surface area contributed by atoms with Crippen LogP contribution in [0, 0.1) is 6.92 Å². The van der Waals surface area contributed by atoms with Crippen LogP contribution in [0.1, 0.15) is 5.82 Å². The summed E-state index contributed by atoms with van der Waals surface area (Å²) in [6, 6.07) is 4.00. The van der Waals surface area contributed by atoms with Gasteiger partial charge in [0.15, 0.2) is 0 Å². The first-order valence-corrected chi connectivity index (χ1v) is 5.51. The van der Waals surface area contributed by atoms with Crippen molar-refractivity contribution in [3.05, 3.63) is 30.2 Å². The van der Waals surface area contributed by atoms with E-state index in [1.54, 1.807) is 7.11 Å². The van der Waals surface area contributed by atoms with Gasteiger partial charge in [0.1, 0.15) is 17.3 Å². The molecular formula is C12H14N4O. The number of imidazole rings is 1. The van der Waals surface area contributed by atoms with Crippen LogP contribution in [0.15, 0.2) is 24.4 Å². The van der Waals surface area contributed by atoms with Gasteiger partial charge in [-0.3, -0.25) is 5.01 Å². The van der Waals surface area contributed by atoms with Crippen LogP contribution in [0.5, 0.6) is 5.75 Å². The Labute approximate surface area is 99.1 Å². The molecule has 0 amide bonds. The minimum Gasteiger partial charge on any atom is -0.494 e. The summed E-state index contributed by atoms with van der Waals surface area (Å²) in [5.74, 6) is 1.74. The summed E-state index contributed by atoms with van der Waals surface area (Å²) in [5, 5.41) is 2.02. The molecule has 0 spiro atoms. The lowest BCUT2D eigenvalue weighted by Gasteiger charge is -2.20. The maximum atomic E-state index is 5.42. The average Bonchev–Trinajstić information content (AvgIpc) is 2.93. The molecule has 0 radical (unpaired) electrons. The zero-order chi connectivity index (χ0) is 11.8. The first kappa shape index (κ1) is 10.0. The second-order valence-corrected chi connectivity index (χ2v) is 4.01. The van der Waals surface area contributed by atoms with E-state index in [4.69, 9.17) is 4.74 Å². The highest BCUT2D eigenvalue weighted by Crippen LogP contribution is 2.32. The Bertz CT molecular complexity index is 579. The SMILES string of the molecule is COc1cc2[nH]c(C)nc2cc1N1CC=CN1. The summed E-state index contributed by atoms with van der Waals surface area (Å²) in [7, 11) is 1.68. The maximum absolute atomic E-state index is 5.42. The van der Waals surface area contributed by atoms with Gasteiger partial charge < -0.3 is 15.1 Å². The Hall–Kier alpha value is -2.17. The summed E-state index contributed by atoms with van der Waals surface area (Å²) in [6.07, 6.45) is 3.97. The molecule has 1 aliphatic rings. The smallest absolute Gasteiger partial charge is 0.146 e. The average molecular weight is 230 g/mol. The molecule has 2 N–H and O–H groups in total. The summed E-state index contributed by atoms with van der Waals surface area (Å²) in [5.41, 5.74) is 6.10. The zero-order valence-electron chi connectivity index (χ0n) is 9.82. The molecule has 1 aromatic heterocycles. The molecule has 0 unspecified atom stereocenters. The fraction of sp³-hybridized carbons (Fsp3) is 0.250. The molecular weight excluding hydrogens is 216 g/mol. The zero-order valence-corrected chi connectivity index (χ0v) is 9.82. The van der Waals surface area contributed by atoms with Crippen LogP contribution >= 0.6 is 0 Å². The van der Waals surface area contributed by atoms with E-state index in [-0.39, 0.29) is 0 Å². The summed E-state index contributed by atoms with van der Waals surface area (Å²) in [4.78, 5) is 7.64. The number of aromatic nitrogens is 2. The van der Waals surface area contributed by atoms with Crippen LogP contribution in [0.4, 0.5) is 5.69 Å². The number of aromatic amines is 1. The number of methoxy groups -OCH3 is 1. The predicted molar refractivity (Wildman–Crippen MR) is 67.0 cm³/mol. The third-order valence-corrected chi connectivity index (χ3v) is 2.83. The number of H-pyrrole nitrogens is 1. The van der Waals surface area contributed by atoms with Crippen molar-refractivity contribution in [1.82, 2.24) is 15.4 Å². The van der Waals surface area contributed by atoms with Gasteiger partial charge in [-0.05, 0) is 19.1 Å². The molecule has 88 valence electrons. The number of anilines is 1. The number of aryl methyl sites for hydroxylation is 1. The molecule has 0 saturated heterocycles. The van der Waals surface area contributed by atoms with Crippen molar-refractivity contribution >= 4 is 16.7 Å². The number of hydrogen-bond donors (Lipinski definition) is 2. The molecule has 0 atom stereocenters. The molecule has 0 saturated carbocycles. The Balaban J connectivity index is 2.14. The molecule has 5 heteroatoms. The first-order chi connectivity index (χ1) is 8.28. The molecule has 5 nitrogen and oxygen atoms in total. The number of hydrogen-bond acceptors (Lipinski definition) is 4. The van der Waals surface area contributed by atoms with E-state index in [0.29, 0.717) is 0 Å². The van der Waals surface area contributed by atoms with E-state index < -0.39 is 0 Å². The number of ether oxygens (including phenoxy) is 1. The summed E-state index contributed by atoms with van der Waals surface area (Å²) in [6.45, 7) is 2.77. The van der Waals surface area contributed by atoms with Gasteiger partial charge in [0.25, 0.3) is 0 Å². The second-order valence-electron chi connectivity index (χ2n) is 4.01. The number of rotatable bonds is 2. The lowest BCUT2D eigenvalue weighted by molar-refractivity contribution is 0.414. The predicted octanol–water partition coefficient (Wildman–Crippen LogP) is 1.72. The van der Waals surface area contributed by atoms with Gasteiger partial charge in [-0.2, -0.15) is 0 Å². The van der Waals surface area contributed by atoms with Crippen molar-refractivity contribution in [2.45, 2.75) is 6.92 Å². The van der Waals surface area contributed by atoms with Gasteiger partial charge >= 0.3 is 0 Å². The lowest BCUT2D eigenvalue weighted by atomic mass is 10.2. The molecule has 2 aromatic rings. The van der Waals surface area contributed by atoms with Gasteiger partial charge in [0.2, 0.25) is 0 Å². The highest BCUT2D eigenvalue weighted by Gasteiger charge is 2.15. The molecule has 0 aliphatic carbocycles. The highest BCUT2D eigenvalue weighted by molar-refractivity contribution is 5.83. The van der Waals surface area contributed by atoms with Gasteiger partial charge in [-0.25, -0.2) is 4.98 Å². The second kappa shape index (κ2) is 3.69. The number of fused-ring (bicyclic) bond motifs is 1. The quantitative estimate of drug-likeness (QED) is 0.824. The van der Waals surface area contributed by atoms with Crippen molar-refractivity contribution < 1.29 is 4.74 Å². The molecule has 0 fully saturated rings. The van der Waals surface area contributed by atoms with Crippen LogP contribution in [-0.2, 0) is 0 Å². The van der Waals surface area contributed by atoms with E-state index >= 15 is 0 Å². The van der Waals surface area contributed by atoms with E-state index in [1.165, 1.54) is 0 Å². The Morgan fingerprint density at radius 3 is 3.00 bits per heavy atom. The minimum atomic E-state index is 0.825. The monoisotopic (exact) mass is 230 g/mol. The van der Waals surface area contributed by atoms with Crippen molar-refractivity contribution in [1.29, 1.82) is 0 Å². The number of nitrogens with one attached hydrogen (secondary N) is 2. The van der Waals surface area contributed by atoms with Crippen LogP contribution in [-0.4, -0.2) is 23.6 Å². The third-order valence-electron chi connectivity index (χ3n) is 2.83. The topological polar surface area (TPSA) is 53.2 Å². The Kier molecular flexibility index (Phi) is 2.18. The summed E-state index contributed by atoms with van der Waals surface area (Å²) < 4.78 is 5.42. The standard InChI is InChI=1S/C12H14N4O/c1-8-14-9-6-11(16-5-3-4-13-16)12(17-2)7-10(9)15-8/h3-4,6-7,13H,5H2,1-2H3,(H,14,15). The number of nitrogens with zero attached hydrogens (tertiary/aromatic N) is 2.